The van der Waals surface area contributed by atoms with Crippen molar-refractivity contribution in [3.05, 3.63) is 73.6 Å². The van der Waals surface area contributed by atoms with Crippen molar-refractivity contribution in [3.63, 3.8) is 0 Å². The summed E-state index contributed by atoms with van der Waals surface area (Å²) in [7, 11) is 0. The standard InChI is InChI=1S/C23H25Cl2FN4O2.C2HF3O2/c1-2-3-6-28-7-9-29(10-8-28)23(32)17-12-15(4-5-19(17)26)11-16-14-27-22(31)20-13-18(24)21(25)30(16)20;3-2(4,5)1(6)7/h4-5,12-14H,2-3,6-11H2,1H3,(H,27,31);(H,6,7). The van der Waals surface area contributed by atoms with Crippen LogP contribution in [0.2, 0.25) is 10.2 Å². The summed E-state index contributed by atoms with van der Waals surface area (Å²) in [6, 6.07) is 6.03. The van der Waals surface area contributed by atoms with Crippen LogP contribution in [-0.4, -0.2) is 75.1 Å². The maximum absolute atomic E-state index is 14.6. The number of aliphatic carboxylic acids is 1. The number of carbonyl (C=O) groups is 2. The van der Waals surface area contributed by atoms with Crippen LogP contribution < -0.4 is 5.56 Å². The van der Waals surface area contributed by atoms with Crippen LogP contribution in [0.3, 0.4) is 0 Å². The van der Waals surface area contributed by atoms with E-state index in [1.165, 1.54) is 12.1 Å². The number of halogens is 6. The minimum Gasteiger partial charge on any atom is -0.475 e. The second-order valence-corrected chi connectivity index (χ2v) is 9.66. The molecule has 1 aliphatic rings. The van der Waals surface area contributed by atoms with Gasteiger partial charge in [0.2, 0.25) is 0 Å². The molecule has 39 heavy (non-hydrogen) atoms. The van der Waals surface area contributed by atoms with Crippen molar-refractivity contribution in [2.45, 2.75) is 32.4 Å². The van der Waals surface area contributed by atoms with Gasteiger partial charge in [0, 0.05) is 44.5 Å². The smallest absolute Gasteiger partial charge is 0.475 e. The number of aromatic nitrogens is 2. The first kappa shape index (κ1) is 30.5. The second kappa shape index (κ2) is 12.8. The number of benzene rings is 1. The van der Waals surface area contributed by atoms with E-state index in [2.05, 4.69) is 16.8 Å². The van der Waals surface area contributed by atoms with Crippen molar-refractivity contribution in [3.8, 4) is 0 Å². The molecule has 0 atom stereocenters. The number of piperazine rings is 1. The average Bonchev–Trinajstić information content (AvgIpc) is 3.20. The summed E-state index contributed by atoms with van der Waals surface area (Å²) in [6.45, 7) is 5.97. The highest BCUT2D eigenvalue weighted by atomic mass is 35.5. The Kier molecular flexibility index (Phi) is 10.0. The molecule has 1 aliphatic heterocycles. The van der Waals surface area contributed by atoms with Crippen LogP contribution >= 0.6 is 23.2 Å². The Morgan fingerprint density at radius 2 is 1.74 bits per heavy atom. The molecule has 0 saturated carbocycles. The minimum atomic E-state index is -5.08. The maximum atomic E-state index is 14.6. The summed E-state index contributed by atoms with van der Waals surface area (Å²) < 4.78 is 47.9. The van der Waals surface area contributed by atoms with Gasteiger partial charge in [0.25, 0.3) is 11.5 Å². The first-order valence-electron chi connectivity index (χ1n) is 12.0. The topological polar surface area (TPSA) is 98.1 Å². The van der Waals surface area contributed by atoms with Gasteiger partial charge in [-0.1, -0.05) is 42.6 Å². The molecule has 3 heterocycles. The third-order valence-corrected chi connectivity index (χ3v) is 6.92. The number of rotatable bonds is 6. The lowest BCUT2D eigenvalue weighted by Gasteiger charge is -2.34. The van der Waals surface area contributed by atoms with E-state index in [0.29, 0.717) is 30.7 Å². The number of hydrogen-bond acceptors (Lipinski definition) is 4. The van der Waals surface area contributed by atoms with Crippen molar-refractivity contribution in [1.29, 1.82) is 0 Å². The van der Waals surface area contributed by atoms with Crippen LogP contribution in [0.1, 0.15) is 41.4 Å². The Hall–Kier alpha value is -3.09. The molecule has 0 aliphatic carbocycles. The number of unbranched alkanes of at least 4 members (excludes halogenated alkanes) is 1. The summed E-state index contributed by atoms with van der Waals surface area (Å²) in [6.07, 6.45) is -0.917. The predicted molar refractivity (Wildman–Crippen MR) is 138 cm³/mol. The zero-order valence-electron chi connectivity index (χ0n) is 20.8. The Morgan fingerprint density at radius 1 is 1.10 bits per heavy atom. The zero-order valence-corrected chi connectivity index (χ0v) is 22.3. The van der Waals surface area contributed by atoms with Gasteiger partial charge in [0.1, 0.15) is 16.5 Å². The number of hydrogen-bond donors (Lipinski definition) is 2. The SMILES string of the molecule is CCCCN1CCN(C(=O)c2cc(Cc3c[nH]c(=O)c4cc(Cl)c(Cl)n34)ccc2F)CC1.O=C(O)C(F)(F)F. The number of amides is 1. The first-order chi connectivity index (χ1) is 18.3. The number of nitrogens with zero attached hydrogens (tertiary/aromatic N) is 3. The molecule has 1 amide bonds. The summed E-state index contributed by atoms with van der Waals surface area (Å²) in [5, 5.41) is 7.64. The number of fused-ring (bicyclic) bond motifs is 1. The van der Waals surface area contributed by atoms with Crippen LogP contribution in [0.5, 0.6) is 0 Å². The monoisotopic (exact) mass is 592 g/mol. The molecule has 3 aromatic rings. The number of carbonyl (C=O) groups excluding carboxylic acids is 1. The number of H-pyrrole nitrogens is 1. The normalized spacial score (nSPS) is 14.3. The van der Waals surface area contributed by atoms with Crippen molar-refractivity contribution in [2.24, 2.45) is 0 Å². The lowest BCUT2D eigenvalue weighted by Crippen LogP contribution is -2.49. The van der Waals surface area contributed by atoms with Gasteiger partial charge in [-0.2, -0.15) is 13.2 Å². The van der Waals surface area contributed by atoms with E-state index >= 15 is 0 Å². The second-order valence-electron chi connectivity index (χ2n) is 8.89. The lowest BCUT2D eigenvalue weighted by atomic mass is 10.0. The van der Waals surface area contributed by atoms with Crippen LogP contribution in [-0.2, 0) is 11.2 Å². The average molecular weight is 593 g/mol. The van der Waals surface area contributed by atoms with Gasteiger partial charge in [-0.15, -0.1) is 0 Å². The number of carboxylic acids is 1. The molecule has 1 saturated heterocycles. The Morgan fingerprint density at radius 3 is 2.33 bits per heavy atom. The van der Waals surface area contributed by atoms with E-state index < -0.39 is 18.0 Å². The molecule has 2 aromatic heterocycles. The predicted octanol–water partition coefficient (Wildman–Crippen LogP) is 4.86. The van der Waals surface area contributed by atoms with E-state index in [9.17, 15) is 27.2 Å². The minimum absolute atomic E-state index is 0.0572. The van der Waals surface area contributed by atoms with E-state index in [-0.39, 0.29) is 27.2 Å². The molecule has 0 spiro atoms. The number of alkyl halides is 3. The molecule has 212 valence electrons. The summed E-state index contributed by atoms with van der Waals surface area (Å²) in [4.78, 5) is 40.8. The van der Waals surface area contributed by atoms with Crippen LogP contribution in [0, 0.1) is 5.82 Å². The summed E-state index contributed by atoms with van der Waals surface area (Å²) >= 11 is 12.4. The van der Waals surface area contributed by atoms with Gasteiger partial charge in [0.05, 0.1) is 10.6 Å². The third kappa shape index (κ3) is 7.52. The number of aromatic amines is 1. The fraction of sp³-hybridized carbons (Fsp3) is 0.400. The molecular weight excluding hydrogens is 567 g/mol. The highest BCUT2D eigenvalue weighted by Crippen LogP contribution is 2.27. The molecule has 0 bridgehead atoms. The molecular formula is C25H26Cl2F4N4O4. The van der Waals surface area contributed by atoms with Crippen molar-refractivity contribution in [2.75, 3.05) is 32.7 Å². The molecule has 0 radical (unpaired) electrons. The van der Waals surface area contributed by atoms with Crippen molar-refractivity contribution < 1.29 is 32.3 Å². The number of carboxylic acid groups (broad SMARTS) is 1. The molecule has 14 heteroatoms. The quantitative estimate of drug-likeness (QED) is 0.399. The first-order valence-corrected chi connectivity index (χ1v) is 12.8. The molecule has 8 nitrogen and oxygen atoms in total. The van der Waals surface area contributed by atoms with Crippen LogP contribution in [0.4, 0.5) is 17.6 Å². The zero-order chi connectivity index (χ0) is 28.9. The molecule has 1 aromatic carbocycles. The highest BCUT2D eigenvalue weighted by Gasteiger charge is 2.38. The van der Waals surface area contributed by atoms with E-state index in [0.717, 1.165) is 38.0 Å². The van der Waals surface area contributed by atoms with Gasteiger partial charge in [-0.3, -0.25) is 18.9 Å². The fourth-order valence-corrected chi connectivity index (χ4v) is 4.55. The lowest BCUT2D eigenvalue weighted by molar-refractivity contribution is -0.192. The van der Waals surface area contributed by atoms with Crippen molar-refractivity contribution >= 4 is 40.6 Å². The van der Waals surface area contributed by atoms with E-state index in [1.807, 2.05) is 0 Å². The fourth-order valence-electron chi connectivity index (χ4n) is 4.10. The number of nitrogens with one attached hydrogen (secondary N) is 1. The maximum Gasteiger partial charge on any atom is 0.490 e. The molecule has 2 N–H and O–H groups in total. The molecule has 1 fully saturated rings. The molecule has 0 unspecified atom stereocenters. The van der Waals surface area contributed by atoms with Crippen LogP contribution in [0.15, 0.2) is 35.3 Å². The highest BCUT2D eigenvalue weighted by molar-refractivity contribution is 6.42. The summed E-state index contributed by atoms with van der Waals surface area (Å²) in [5.74, 6) is -3.60. The Labute approximate surface area is 230 Å². The van der Waals surface area contributed by atoms with E-state index in [4.69, 9.17) is 33.1 Å². The van der Waals surface area contributed by atoms with Crippen molar-refractivity contribution in [1.82, 2.24) is 19.2 Å². The van der Waals surface area contributed by atoms with Gasteiger partial charge in [0.15, 0.2) is 0 Å². The van der Waals surface area contributed by atoms with Crippen LogP contribution in [0.25, 0.3) is 5.52 Å². The van der Waals surface area contributed by atoms with Gasteiger partial charge < -0.3 is 15.0 Å². The third-order valence-electron chi connectivity index (χ3n) is 6.16. The summed E-state index contributed by atoms with van der Waals surface area (Å²) in [5.41, 5.74) is 1.48. The molecule has 4 rings (SSSR count). The van der Waals surface area contributed by atoms with Gasteiger partial charge in [-0.25, -0.2) is 9.18 Å². The Balaban J connectivity index is 0.000000532. The van der Waals surface area contributed by atoms with Gasteiger partial charge in [-0.05, 0) is 36.7 Å². The van der Waals surface area contributed by atoms with E-state index in [1.54, 1.807) is 27.6 Å². The Bertz CT molecular complexity index is 1400. The largest absolute Gasteiger partial charge is 0.490 e. The van der Waals surface area contributed by atoms with Gasteiger partial charge >= 0.3 is 12.1 Å².